The van der Waals surface area contributed by atoms with Crippen LogP contribution in [0.15, 0.2) is 27.8 Å². The highest BCUT2D eigenvalue weighted by molar-refractivity contribution is 14.1. The highest BCUT2D eigenvalue weighted by atomic mass is 127. The lowest BCUT2D eigenvalue weighted by Crippen LogP contribution is -2.30. The van der Waals surface area contributed by atoms with Gasteiger partial charge in [0.2, 0.25) is 0 Å². The van der Waals surface area contributed by atoms with Gasteiger partial charge < -0.3 is 4.42 Å². The molecule has 0 saturated heterocycles. The van der Waals surface area contributed by atoms with Gasteiger partial charge in [-0.2, -0.15) is 0 Å². The highest BCUT2D eigenvalue weighted by Gasteiger charge is 2.15. The zero-order valence-electron chi connectivity index (χ0n) is 10.0. The quantitative estimate of drug-likeness (QED) is 0.351. The topological polar surface area (TPSA) is 103 Å². The van der Waals surface area contributed by atoms with E-state index >= 15 is 0 Å². The third-order valence-electron chi connectivity index (χ3n) is 2.49. The molecule has 2 aromatic heterocycles. The maximum absolute atomic E-state index is 11.8. The van der Waals surface area contributed by atoms with Crippen molar-refractivity contribution >= 4 is 28.5 Å². The van der Waals surface area contributed by atoms with Crippen LogP contribution < -0.4 is 16.8 Å². The summed E-state index contributed by atoms with van der Waals surface area (Å²) in [6.07, 6.45) is 2.91. The van der Waals surface area contributed by atoms with Crippen LogP contribution in [0.25, 0.3) is 0 Å². The summed E-state index contributed by atoms with van der Waals surface area (Å²) in [5.74, 6) is 5.18. The molecule has 100 valence electrons. The third kappa shape index (κ3) is 2.84. The van der Waals surface area contributed by atoms with Gasteiger partial charge in [0, 0.05) is 11.8 Å². The molecule has 0 atom stereocenters. The first kappa shape index (κ1) is 13.7. The number of hydrogen-bond donors (Lipinski definition) is 2. The average molecular weight is 374 g/mol. The lowest BCUT2D eigenvalue weighted by Gasteiger charge is -2.02. The molecule has 0 radical (unpaired) electrons. The Morgan fingerprint density at radius 1 is 1.63 bits per heavy atom. The predicted octanol–water partition coefficient (Wildman–Crippen LogP) is 0.401. The van der Waals surface area contributed by atoms with Crippen molar-refractivity contribution in [3.63, 3.8) is 0 Å². The van der Waals surface area contributed by atoms with Crippen LogP contribution in [-0.2, 0) is 6.54 Å². The smallest absolute Gasteiger partial charge is 0.301 e. The van der Waals surface area contributed by atoms with Crippen molar-refractivity contribution in [2.24, 2.45) is 5.84 Å². The summed E-state index contributed by atoms with van der Waals surface area (Å²) in [5, 5.41) is 0. The van der Waals surface area contributed by atoms with Crippen molar-refractivity contribution in [2.75, 3.05) is 0 Å². The molecule has 0 aliphatic rings. The third-order valence-corrected chi connectivity index (χ3v) is 3.23. The number of halogens is 1. The van der Waals surface area contributed by atoms with Crippen LogP contribution in [0.2, 0.25) is 0 Å². The van der Waals surface area contributed by atoms with Crippen LogP contribution in [0.3, 0.4) is 0 Å². The number of hydrazine groups is 1. The van der Waals surface area contributed by atoms with E-state index < -0.39 is 5.91 Å². The van der Waals surface area contributed by atoms with Crippen LogP contribution in [-0.4, -0.2) is 15.5 Å². The summed E-state index contributed by atoms with van der Waals surface area (Å²) in [5.41, 5.74) is 2.50. The predicted molar refractivity (Wildman–Crippen MR) is 75.4 cm³/mol. The lowest BCUT2D eigenvalue weighted by molar-refractivity contribution is 0.0923. The largest absolute Gasteiger partial charge is 0.454 e. The van der Waals surface area contributed by atoms with Crippen molar-refractivity contribution in [1.82, 2.24) is 15.0 Å². The van der Waals surface area contributed by atoms with E-state index in [9.17, 15) is 9.59 Å². The molecule has 0 saturated carbocycles. The van der Waals surface area contributed by atoms with E-state index in [1.165, 1.54) is 17.1 Å². The van der Waals surface area contributed by atoms with E-state index in [-0.39, 0.29) is 17.9 Å². The van der Waals surface area contributed by atoms with E-state index in [0.29, 0.717) is 14.9 Å². The molecule has 0 aliphatic heterocycles. The molecule has 0 bridgehead atoms. The van der Waals surface area contributed by atoms with Crippen molar-refractivity contribution in [3.8, 4) is 0 Å². The van der Waals surface area contributed by atoms with Gasteiger partial charge >= 0.3 is 5.91 Å². The molecule has 7 nitrogen and oxygen atoms in total. The Morgan fingerprint density at radius 2 is 2.37 bits per heavy atom. The maximum atomic E-state index is 11.8. The van der Waals surface area contributed by atoms with Crippen LogP contribution in [0.1, 0.15) is 21.9 Å². The van der Waals surface area contributed by atoms with Crippen molar-refractivity contribution in [2.45, 2.75) is 13.5 Å². The number of rotatable bonds is 3. The fourth-order valence-electron chi connectivity index (χ4n) is 1.62. The van der Waals surface area contributed by atoms with Gasteiger partial charge in [-0.15, -0.1) is 0 Å². The Bertz CT molecular complexity index is 677. The minimum atomic E-state index is -0.503. The molecule has 8 heteroatoms. The number of carbonyl (C=O) groups excluding carboxylic acids is 1. The Hall–Kier alpha value is -1.68. The molecule has 19 heavy (non-hydrogen) atoms. The standard InChI is InChI=1S/C11H11IN4O3/c1-6-2-7(19-9(6)10(17)15-13)4-16-5-14-3-8(12)11(16)18/h2-3,5H,4,13H2,1H3,(H,15,17). The minimum absolute atomic E-state index is 0.143. The molecule has 2 heterocycles. The highest BCUT2D eigenvalue weighted by Crippen LogP contribution is 2.15. The Morgan fingerprint density at radius 3 is 3.05 bits per heavy atom. The number of amides is 1. The van der Waals surface area contributed by atoms with Crippen molar-refractivity contribution in [1.29, 1.82) is 0 Å². The molecule has 3 N–H and O–H groups in total. The summed E-state index contributed by atoms with van der Waals surface area (Å²) in [6.45, 7) is 1.94. The van der Waals surface area contributed by atoms with Crippen molar-refractivity contribution in [3.05, 3.63) is 49.6 Å². The van der Waals surface area contributed by atoms with E-state index in [2.05, 4.69) is 4.98 Å². The molecule has 2 rings (SSSR count). The van der Waals surface area contributed by atoms with Gasteiger partial charge in [0.05, 0.1) is 16.4 Å². The number of aryl methyl sites for hydroxylation is 1. The summed E-state index contributed by atoms with van der Waals surface area (Å²) in [6, 6.07) is 1.69. The van der Waals surface area contributed by atoms with Gasteiger partial charge in [-0.05, 0) is 35.6 Å². The Labute approximate surface area is 121 Å². The summed E-state index contributed by atoms with van der Waals surface area (Å²) < 4.78 is 7.31. The number of nitrogen functional groups attached to an aromatic ring is 1. The second-order valence-corrected chi connectivity index (χ2v) is 5.04. The average Bonchev–Trinajstić information content (AvgIpc) is 2.75. The first-order valence-electron chi connectivity index (χ1n) is 5.33. The Balaban J connectivity index is 2.32. The molecule has 0 aromatic carbocycles. The number of nitrogens with two attached hydrogens (primary N) is 1. The molecular weight excluding hydrogens is 363 g/mol. The fraction of sp³-hybridized carbons (Fsp3) is 0.182. The Kier molecular flexibility index (Phi) is 4.00. The molecule has 0 unspecified atom stereocenters. The van der Waals surface area contributed by atoms with Crippen LogP contribution >= 0.6 is 22.6 Å². The van der Waals surface area contributed by atoms with Crippen LogP contribution in [0.5, 0.6) is 0 Å². The second-order valence-electron chi connectivity index (χ2n) is 3.87. The minimum Gasteiger partial charge on any atom is -0.454 e. The number of nitrogens with one attached hydrogen (secondary N) is 1. The van der Waals surface area contributed by atoms with Gasteiger partial charge in [-0.1, -0.05) is 0 Å². The summed E-state index contributed by atoms with van der Waals surface area (Å²) >= 11 is 1.91. The second kappa shape index (κ2) is 5.53. The lowest BCUT2D eigenvalue weighted by atomic mass is 10.2. The van der Waals surface area contributed by atoms with E-state index in [0.717, 1.165) is 0 Å². The first-order valence-corrected chi connectivity index (χ1v) is 6.41. The molecule has 0 spiro atoms. The zero-order valence-corrected chi connectivity index (χ0v) is 12.2. The van der Waals surface area contributed by atoms with Gasteiger partial charge in [-0.25, -0.2) is 10.8 Å². The van der Waals surface area contributed by atoms with Crippen LogP contribution in [0, 0.1) is 10.5 Å². The SMILES string of the molecule is Cc1cc(Cn2cncc(I)c2=O)oc1C(=O)NN. The molecule has 1 amide bonds. The molecule has 0 fully saturated rings. The van der Waals surface area contributed by atoms with E-state index in [1.54, 1.807) is 13.0 Å². The number of furan rings is 1. The molecule has 0 aliphatic carbocycles. The molecular formula is C11H11IN4O3. The fourth-order valence-corrected chi connectivity index (χ4v) is 2.09. The monoisotopic (exact) mass is 374 g/mol. The van der Waals surface area contributed by atoms with E-state index in [4.69, 9.17) is 10.3 Å². The normalized spacial score (nSPS) is 10.5. The van der Waals surface area contributed by atoms with Gasteiger partial charge in [0.25, 0.3) is 5.56 Å². The maximum Gasteiger partial charge on any atom is 0.301 e. The molecule has 2 aromatic rings. The van der Waals surface area contributed by atoms with Crippen LogP contribution in [0.4, 0.5) is 0 Å². The number of hydrogen-bond acceptors (Lipinski definition) is 5. The number of aromatic nitrogens is 2. The van der Waals surface area contributed by atoms with E-state index in [1.807, 2.05) is 28.0 Å². The number of carbonyl (C=O) groups is 1. The first-order chi connectivity index (χ1) is 9.02. The van der Waals surface area contributed by atoms with Gasteiger partial charge in [0.1, 0.15) is 5.76 Å². The summed E-state index contributed by atoms with van der Waals surface area (Å²) in [7, 11) is 0. The van der Waals surface area contributed by atoms with Gasteiger partial charge in [-0.3, -0.25) is 19.6 Å². The number of nitrogens with zero attached hydrogens (tertiary/aromatic N) is 2. The van der Waals surface area contributed by atoms with Crippen molar-refractivity contribution < 1.29 is 9.21 Å². The zero-order chi connectivity index (χ0) is 14.0. The van der Waals surface area contributed by atoms with Gasteiger partial charge in [0.15, 0.2) is 5.76 Å². The summed E-state index contributed by atoms with van der Waals surface area (Å²) in [4.78, 5) is 27.2.